The minimum Gasteiger partial charge on any atom is -0.0892 e. The molecule has 0 aromatic carbocycles. The first kappa shape index (κ1) is 6.81. The minimum atomic E-state index is 0.402. The molecule has 46 valence electrons. The third kappa shape index (κ3) is 1.59. The molecule has 0 N–H and O–H groups in total. The highest BCUT2D eigenvalue weighted by molar-refractivity contribution is 7.85. The van der Waals surface area contributed by atoms with E-state index in [-0.39, 0.29) is 0 Å². The molecule has 0 nitrogen and oxygen atoms in total. The van der Waals surface area contributed by atoms with E-state index in [9.17, 15) is 0 Å². The lowest BCUT2D eigenvalue weighted by molar-refractivity contribution is 0.532. The highest BCUT2D eigenvalue weighted by Gasteiger charge is 2.18. The van der Waals surface area contributed by atoms with Gasteiger partial charge in [0.2, 0.25) is 0 Å². The molecular weight excluding hydrogens is 136 g/mol. The number of hydrogen-bond acceptors (Lipinski definition) is 0. The Hall–Kier alpha value is 0.700. The van der Waals surface area contributed by atoms with Crippen molar-refractivity contribution in [3.63, 3.8) is 0 Å². The molecule has 0 amide bonds. The van der Waals surface area contributed by atoms with Gasteiger partial charge in [0.05, 0.1) is 0 Å². The van der Waals surface area contributed by atoms with E-state index < -0.39 is 0 Å². The highest BCUT2D eigenvalue weighted by Crippen LogP contribution is 2.26. The van der Waals surface area contributed by atoms with E-state index in [0.29, 0.717) is 10.5 Å². The molecule has 0 spiro atoms. The molecule has 0 heterocycles. The van der Waals surface area contributed by atoms with Gasteiger partial charge in [0.25, 0.3) is 0 Å². The zero-order chi connectivity index (χ0) is 5.98. The largest absolute Gasteiger partial charge is 0.0892 e. The second-order valence-corrected chi connectivity index (χ2v) is 3.57. The van der Waals surface area contributed by atoms with E-state index in [0.717, 1.165) is 0 Å². The van der Waals surface area contributed by atoms with E-state index in [1.165, 1.54) is 25.7 Å². The van der Waals surface area contributed by atoms with E-state index in [1.54, 1.807) is 0 Å². The Morgan fingerprint density at radius 3 is 1.50 bits per heavy atom. The Morgan fingerprint density at radius 2 is 1.25 bits per heavy atom. The summed E-state index contributed by atoms with van der Waals surface area (Å²) in [7, 11) is 0. The van der Waals surface area contributed by atoms with Gasteiger partial charge in [0.1, 0.15) is 0 Å². The Labute approximate surface area is 61.9 Å². The van der Waals surface area contributed by atoms with Crippen molar-refractivity contribution in [3.8, 4) is 0 Å². The quantitative estimate of drug-likeness (QED) is 0.493. The topological polar surface area (TPSA) is 0 Å². The van der Waals surface area contributed by atoms with Gasteiger partial charge in [-0.05, 0) is 12.8 Å². The van der Waals surface area contributed by atoms with Crippen LogP contribution in [0, 0.1) is 0 Å². The van der Waals surface area contributed by atoms with Crippen molar-refractivity contribution in [2.24, 2.45) is 0 Å². The summed E-state index contributed by atoms with van der Waals surface area (Å²) in [6.45, 7) is 0. The smallest absolute Gasteiger partial charge is 0.0278 e. The Bertz CT molecular complexity index is 62.9. The molecule has 0 saturated heterocycles. The van der Waals surface area contributed by atoms with Gasteiger partial charge < -0.3 is 0 Å². The van der Waals surface area contributed by atoms with Crippen LogP contribution in [-0.4, -0.2) is 10.5 Å². The summed E-state index contributed by atoms with van der Waals surface area (Å²) >= 11 is 10.2. The molecule has 0 bridgehead atoms. The zero-order valence-electron chi connectivity index (χ0n) is 4.80. The molecule has 2 heteroatoms. The monoisotopic (exact) mass is 146 g/mol. The molecule has 2 radical (unpaired) electrons. The van der Waals surface area contributed by atoms with Crippen LogP contribution in [0.5, 0.6) is 0 Å². The average Bonchev–Trinajstić information content (AvgIpc) is 1.77. The first-order chi connectivity index (χ1) is 3.80. The van der Waals surface area contributed by atoms with Gasteiger partial charge in [-0.2, -0.15) is 0 Å². The second-order valence-electron chi connectivity index (χ2n) is 2.36. The van der Waals surface area contributed by atoms with Crippen LogP contribution in [0.4, 0.5) is 0 Å². The van der Waals surface area contributed by atoms with Crippen LogP contribution in [-0.2, 0) is 0 Å². The summed E-state index contributed by atoms with van der Waals surface area (Å²) in [6.07, 6.45) is 4.98. The van der Waals surface area contributed by atoms with Gasteiger partial charge in [-0.1, -0.05) is 38.1 Å². The number of rotatable bonds is 0. The normalized spacial score (nSPS) is 39.8. The van der Waals surface area contributed by atoms with E-state index in [1.807, 2.05) is 0 Å². The molecule has 1 aliphatic carbocycles. The summed E-state index contributed by atoms with van der Waals surface area (Å²) in [5, 5.41) is 0.803. The Kier molecular flexibility index (Phi) is 2.57. The predicted molar refractivity (Wildman–Crippen MR) is 41.2 cm³/mol. The van der Waals surface area contributed by atoms with Crippen molar-refractivity contribution in [2.45, 2.75) is 36.2 Å². The van der Waals surface area contributed by atoms with Crippen molar-refractivity contribution >= 4 is 25.3 Å². The van der Waals surface area contributed by atoms with Gasteiger partial charge in [-0.25, -0.2) is 0 Å². The van der Waals surface area contributed by atoms with Crippen LogP contribution in [0.1, 0.15) is 25.7 Å². The SMILES string of the molecule is [S]C1CCCCC1[S]. The second kappa shape index (κ2) is 3.02. The molecule has 1 aliphatic rings. The predicted octanol–water partition coefficient (Wildman–Crippen LogP) is 2.69. The van der Waals surface area contributed by atoms with Gasteiger partial charge in [-0.15, -0.1) is 0 Å². The molecule has 0 aliphatic heterocycles. The molecule has 8 heavy (non-hydrogen) atoms. The molecule has 2 unspecified atom stereocenters. The maximum absolute atomic E-state index is 5.11. The van der Waals surface area contributed by atoms with Crippen LogP contribution < -0.4 is 0 Å². The van der Waals surface area contributed by atoms with Crippen molar-refractivity contribution in [2.75, 3.05) is 0 Å². The maximum Gasteiger partial charge on any atom is 0.0278 e. The lowest BCUT2D eigenvalue weighted by Crippen LogP contribution is -2.19. The first-order valence-corrected chi connectivity index (χ1v) is 4.06. The standard InChI is InChI=1S/C6H10S2/c7-5-3-1-2-4-6(5)8/h5-6H,1-4H2. The van der Waals surface area contributed by atoms with Crippen molar-refractivity contribution in [1.29, 1.82) is 0 Å². The third-order valence-corrected chi connectivity index (χ3v) is 2.94. The highest BCUT2D eigenvalue weighted by atomic mass is 32.1. The summed E-state index contributed by atoms with van der Waals surface area (Å²) in [6, 6.07) is 0. The average molecular weight is 146 g/mol. The van der Waals surface area contributed by atoms with Gasteiger partial charge in [-0.3, -0.25) is 0 Å². The van der Waals surface area contributed by atoms with Crippen molar-refractivity contribution in [3.05, 3.63) is 0 Å². The van der Waals surface area contributed by atoms with Crippen LogP contribution in [0.25, 0.3) is 0 Å². The molecular formula is C6H10S2. The van der Waals surface area contributed by atoms with Crippen LogP contribution in [0.3, 0.4) is 0 Å². The van der Waals surface area contributed by atoms with E-state index >= 15 is 0 Å². The fourth-order valence-electron chi connectivity index (χ4n) is 1.06. The first-order valence-electron chi connectivity index (χ1n) is 3.12. The summed E-state index contributed by atoms with van der Waals surface area (Å²) in [5.41, 5.74) is 0. The van der Waals surface area contributed by atoms with Crippen LogP contribution >= 0.6 is 25.3 Å². The fourth-order valence-corrected chi connectivity index (χ4v) is 1.67. The van der Waals surface area contributed by atoms with Gasteiger partial charge in [0.15, 0.2) is 0 Å². The molecule has 2 atom stereocenters. The summed E-state index contributed by atoms with van der Waals surface area (Å²) in [5.74, 6) is 0. The molecule has 0 aromatic rings. The van der Waals surface area contributed by atoms with Crippen molar-refractivity contribution in [1.82, 2.24) is 0 Å². The maximum atomic E-state index is 5.11. The van der Waals surface area contributed by atoms with Crippen LogP contribution in [0.2, 0.25) is 0 Å². The fraction of sp³-hybridized carbons (Fsp3) is 1.00. The zero-order valence-corrected chi connectivity index (χ0v) is 6.43. The van der Waals surface area contributed by atoms with Crippen LogP contribution in [0.15, 0.2) is 0 Å². The van der Waals surface area contributed by atoms with E-state index in [2.05, 4.69) is 0 Å². The molecule has 0 aromatic heterocycles. The molecule has 1 fully saturated rings. The summed E-state index contributed by atoms with van der Waals surface area (Å²) in [4.78, 5) is 0. The van der Waals surface area contributed by atoms with Gasteiger partial charge >= 0.3 is 0 Å². The Balaban J connectivity index is 2.28. The lowest BCUT2D eigenvalue weighted by atomic mass is 10.00. The lowest BCUT2D eigenvalue weighted by Gasteiger charge is -2.21. The molecule has 1 saturated carbocycles. The number of hydrogen-bond donors (Lipinski definition) is 0. The van der Waals surface area contributed by atoms with Gasteiger partial charge in [0, 0.05) is 10.5 Å². The Morgan fingerprint density at radius 1 is 0.875 bits per heavy atom. The van der Waals surface area contributed by atoms with E-state index in [4.69, 9.17) is 25.3 Å². The third-order valence-electron chi connectivity index (χ3n) is 1.64. The summed E-state index contributed by atoms with van der Waals surface area (Å²) < 4.78 is 0. The van der Waals surface area contributed by atoms with Crippen molar-refractivity contribution < 1.29 is 0 Å². The minimum absolute atomic E-state index is 0.402. The molecule has 1 rings (SSSR count).